The van der Waals surface area contributed by atoms with Crippen molar-refractivity contribution in [2.75, 3.05) is 26.3 Å². The third-order valence-electron chi connectivity index (χ3n) is 28.7. The summed E-state index contributed by atoms with van der Waals surface area (Å²) in [6, 6.07) is 28.5. The van der Waals surface area contributed by atoms with Gasteiger partial charge in [-0.1, -0.05) is 26.0 Å². The van der Waals surface area contributed by atoms with Crippen molar-refractivity contribution in [2.24, 2.45) is 25.9 Å². The fraction of sp³-hybridized carbons (Fsp3) is 0.396. The summed E-state index contributed by atoms with van der Waals surface area (Å²) in [6.07, 6.45) is 11.1. The van der Waals surface area contributed by atoms with Crippen LogP contribution in [0.2, 0.25) is 0 Å². The van der Waals surface area contributed by atoms with Crippen LogP contribution in [0.4, 0.5) is 27.2 Å². The summed E-state index contributed by atoms with van der Waals surface area (Å²) in [4.78, 5) is 98.9. The zero-order valence-corrected chi connectivity index (χ0v) is 78.3. The molecule has 37 heteroatoms. The molecule has 6 fully saturated rings. The average Bonchev–Trinajstić information content (AvgIpc) is 1.53. The Hall–Kier alpha value is -12.0. The van der Waals surface area contributed by atoms with Crippen molar-refractivity contribution in [3.8, 4) is 34.4 Å². The van der Waals surface area contributed by atoms with Gasteiger partial charge in [0, 0.05) is 122 Å². The van der Waals surface area contributed by atoms with Crippen molar-refractivity contribution >= 4 is 105 Å². The molecule has 688 valence electrons. The fourth-order valence-corrected chi connectivity index (χ4v) is 21.8. The summed E-state index contributed by atoms with van der Waals surface area (Å²) in [5.74, 6) is -1.19. The molecule has 10 atom stereocenters. The molecule has 4 amide bonds. The van der Waals surface area contributed by atoms with Crippen LogP contribution in [0.5, 0.6) is 0 Å². The van der Waals surface area contributed by atoms with Gasteiger partial charge in [0.25, 0.3) is 11.8 Å². The second kappa shape index (κ2) is 33.3. The number of hydroxylamine groups is 2. The van der Waals surface area contributed by atoms with Crippen LogP contribution in [-0.4, -0.2) is 199 Å². The van der Waals surface area contributed by atoms with E-state index in [-0.39, 0.29) is 129 Å². The van der Waals surface area contributed by atoms with Gasteiger partial charge in [-0.25, -0.2) is 36.5 Å². The monoisotopic (exact) mass is 1840 g/mol. The molecule has 133 heavy (non-hydrogen) atoms. The van der Waals surface area contributed by atoms with Gasteiger partial charge in [-0.15, -0.1) is 0 Å². The number of carbonyl (C=O) groups is 4. The second-order valence-electron chi connectivity index (χ2n) is 37.8. The summed E-state index contributed by atoms with van der Waals surface area (Å²) in [5.41, 5.74) is 16.3. The van der Waals surface area contributed by atoms with E-state index in [4.69, 9.17) is 29.3 Å². The van der Waals surface area contributed by atoms with Crippen LogP contribution < -0.4 is 11.4 Å². The first-order valence-corrected chi connectivity index (χ1v) is 44.2. The maximum absolute atomic E-state index is 16.1. The van der Waals surface area contributed by atoms with Gasteiger partial charge in [-0.3, -0.25) is 46.8 Å². The maximum Gasteiger partial charge on any atom is 2.00 e. The first-order chi connectivity index (χ1) is 62.1. The molecule has 6 aromatic carbocycles. The summed E-state index contributed by atoms with van der Waals surface area (Å²) in [5, 5.41) is 29.3. The normalized spacial score (nSPS) is 23.3. The number of halogens is 4. The number of amides is 4. The number of ether oxygens (including phenoxy) is 2. The number of hydrogen-bond acceptors (Lipinski definition) is 14. The van der Waals surface area contributed by atoms with Crippen LogP contribution >= 0.6 is 0 Å². The summed E-state index contributed by atoms with van der Waals surface area (Å²) in [6.45, 7) is 25.0. The molecule has 22 rings (SSSR count). The molecule has 0 bridgehead atoms. The van der Waals surface area contributed by atoms with Gasteiger partial charge in [-0.2, -0.15) is 32.7 Å². The Morgan fingerprint density at radius 2 is 0.835 bits per heavy atom. The zero-order chi connectivity index (χ0) is 90.9. The van der Waals surface area contributed by atoms with E-state index >= 15 is 27.2 Å². The molecule has 2 unspecified atom stereocenters. The Labute approximate surface area is 790 Å². The molecule has 4 saturated heterocycles. The number of rotatable bonds is 14. The van der Waals surface area contributed by atoms with E-state index in [2.05, 4.69) is 110 Å². The Morgan fingerprint density at radius 3 is 1.18 bits per heavy atom. The van der Waals surface area contributed by atoms with Gasteiger partial charge < -0.3 is 70.6 Å². The number of carbonyl (C=O) groups excluding carboxylic acids is 4. The Balaban J connectivity index is 0.000000174. The second-order valence-corrected chi connectivity index (χ2v) is 37.8. The van der Waals surface area contributed by atoms with Crippen LogP contribution in [0, 0.1) is 62.8 Å². The van der Waals surface area contributed by atoms with Gasteiger partial charge >= 0.3 is 49.1 Å². The van der Waals surface area contributed by atoms with Crippen LogP contribution in [-0.2, 0) is 57.2 Å². The molecule has 4 N–H and O–H groups in total. The standard InChI is InChI=1S/2C48H49F2N10O5.Ca.2H2O/c2*1-25-18-32(19-26(2)40(25)49)60-42(58-16-15-57(46(58)63)37-11-10-36-33(41(37)50)24-51-55(36)7)39-28(4)56(14-12-34(39)53-60)43(61)38-21-31-20-29(30-13-17-64-47(5,6)23-30)8-9-35(31)59(38)48(22-27(48)3)44-52-45(62)65-54-44;;;/h2*8-11,15-16,18-21,24,27-28,30,44H,12-14,17,22-23H2,1-7H3,(H,52,62);;2*1H2/q2*-1;+2;;/p-2/t2*27-,28-,30-,44?,48-;;;/m00.../s1. The number of benzene rings is 6. The van der Waals surface area contributed by atoms with Crippen molar-refractivity contribution in [3.63, 3.8) is 0 Å². The average molecular weight is 1840 g/mol. The van der Waals surface area contributed by atoms with Gasteiger partial charge in [-0.05, 0) is 250 Å². The minimum absolute atomic E-state index is 0. The van der Waals surface area contributed by atoms with E-state index in [0.29, 0.717) is 142 Å². The summed E-state index contributed by atoms with van der Waals surface area (Å²) in [7, 11) is 3.44. The molecule has 14 aromatic rings. The van der Waals surface area contributed by atoms with Gasteiger partial charge in [0.05, 0.1) is 91.6 Å². The molecule has 0 spiro atoms. The van der Waals surface area contributed by atoms with Crippen LogP contribution in [0.15, 0.2) is 144 Å². The molecular formula is C96H100CaF4N20O12-2. The topological polar surface area (TPSA) is 366 Å². The van der Waals surface area contributed by atoms with Gasteiger partial charge in [0.15, 0.2) is 11.6 Å². The largest absolute Gasteiger partial charge is 2.00 e. The number of nitrogens with zero attached hydrogens (tertiary/aromatic N) is 20. The smallest absolute Gasteiger partial charge is 0.630 e. The number of imidazole rings is 2. The molecule has 8 aromatic heterocycles. The zero-order valence-electron chi connectivity index (χ0n) is 76.1. The van der Waals surface area contributed by atoms with Crippen molar-refractivity contribution in [1.29, 1.82) is 0 Å². The molecule has 32 nitrogen and oxygen atoms in total. The van der Waals surface area contributed by atoms with E-state index in [1.807, 2.05) is 35.1 Å². The van der Waals surface area contributed by atoms with Crippen molar-refractivity contribution < 1.29 is 66.8 Å². The molecular weight excluding hydrogens is 1740 g/mol. The van der Waals surface area contributed by atoms with Gasteiger partial charge in [0.2, 0.25) is 12.2 Å². The van der Waals surface area contributed by atoms with Crippen molar-refractivity contribution in [2.45, 2.75) is 193 Å². The van der Waals surface area contributed by atoms with E-state index in [0.717, 1.165) is 58.6 Å². The first-order valence-electron chi connectivity index (χ1n) is 44.2. The van der Waals surface area contributed by atoms with Crippen LogP contribution in [0.25, 0.3) is 99.6 Å². The molecule has 14 heterocycles. The summed E-state index contributed by atoms with van der Waals surface area (Å²) < 4.78 is 90.3. The minimum atomic E-state index is -0.847. The molecule has 8 aliphatic rings. The molecule has 0 radical (unpaired) electrons. The fourth-order valence-electron chi connectivity index (χ4n) is 21.8. The minimum Gasteiger partial charge on any atom is -0.630 e. The molecule has 2 saturated carbocycles. The third-order valence-corrected chi connectivity index (χ3v) is 28.7. The SMILES string of the molecule is Cc1cc(-n2nc3c(c2-n2ccn(-c4ccc5c(cnn5C)c4F)c2=O)[C@H](C)N(C(=O)c2cc4cc([C@H]5CCOC(C)(C)C5)ccc4n2[C@@]2(C4[N-]OC(=O)[N-]4)C[C@@H]2C)CC3)cc(C)c1F.Cc1cc(-n2nc3c(c2-n2ccn(-c4ccc5c(cnn5C)c4F)c2=O)[C@H](C)N(C(=O)c2cc4cc([C@H]5CCOC(C)(C)C5)ccc4n2[C@@]2(C4[N-]OC(=O)[N-]4)C[C@@H]2C)CC3)cc(C)c1F.O.O.[Ca+2]. The Bertz CT molecular complexity index is 6820. The number of fused-ring (bicyclic) bond motifs is 6. The number of aromatic nitrogens is 14. The maximum atomic E-state index is 16.1. The predicted molar refractivity (Wildman–Crippen MR) is 489 cm³/mol. The van der Waals surface area contributed by atoms with E-state index < -0.39 is 70.7 Å². The van der Waals surface area contributed by atoms with Crippen LogP contribution in [0.1, 0.15) is 195 Å². The Morgan fingerprint density at radius 1 is 0.474 bits per heavy atom. The third kappa shape index (κ3) is 14.6. The van der Waals surface area contributed by atoms with E-state index in [1.54, 1.807) is 131 Å². The van der Waals surface area contributed by atoms with E-state index in [1.165, 1.54) is 43.1 Å². The molecule has 2 aliphatic carbocycles. The van der Waals surface area contributed by atoms with Crippen molar-refractivity contribution in [1.82, 2.24) is 76.3 Å². The van der Waals surface area contributed by atoms with E-state index in [9.17, 15) is 19.2 Å². The van der Waals surface area contributed by atoms with Crippen molar-refractivity contribution in [3.05, 3.63) is 267 Å². The molecule has 6 aliphatic heterocycles. The van der Waals surface area contributed by atoms with Gasteiger partial charge in [0.1, 0.15) is 34.7 Å². The first kappa shape index (κ1) is 91.5. The summed E-state index contributed by atoms with van der Waals surface area (Å²) >= 11 is 0. The quantitative estimate of drug-likeness (QED) is 0.0721. The Kier molecular flexibility index (Phi) is 22.9. The predicted octanol–water partition coefficient (Wildman–Crippen LogP) is 15.7. The number of aryl methyl sites for hydroxylation is 6. The van der Waals surface area contributed by atoms with Crippen LogP contribution in [0.3, 0.4) is 0 Å². The number of hydrogen-bond donors (Lipinski definition) is 0.